The molecule has 3 N–H and O–H groups in total. The average Bonchev–Trinajstić information content (AvgIpc) is 3.08. The van der Waals surface area contributed by atoms with E-state index >= 15 is 0 Å². The molecule has 1 aliphatic carbocycles. The first-order valence-electron chi connectivity index (χ1n) is 8.23. The molecule has 1 amide bonds. The Balaban J connectivity index is 0.00000169. The number of amides is 1. The number of H-pyrrole nitrogens is 1. The fourth-order valence-corrected chi connectivity index (χ4v) is 3.92. The van der Waals surface area contributed by atoms with Gasteiger partial charge >= 0.3 is 0 Å². The molecule has 2 heterocycles. The van der Waals surface area contributed by atoms with E-state index < -0.39 is 0 Å². The molecule has 2 aliphatic rings. The molecule has 2 aromatic rings. The van der Waals surface area contributed by atoms with Crippen LogP contribution in [-0.2, 0) is 18.4 Å². The first-order chi connectivity index (χ1) is 11.1. The molecule has 6 heteroatoms. The number of aromatic amines is 1. The van der Waals surface area contributed by atoms with Crippen molar-refractivity contribution in [1.82, 2.24) is 20.8 Å². The lowest BCUT2D eigenvalue weighted by Gasteiger charge is -2.19. The third-order valence-electron chi connectivity index (χ3n) is 5.11. The van der Waals surface area contributed by atoms with E-state index in [-0.39, 0.29) is 29.8 Å². The maximum absolute atomic E-state index is 12.7. The summed E-state index contributed by atoms with van der Waals surface area (Å²) in [7, 11) is 0. The van der Waals surface area contributed by atoms with Gasteiger partial charge in [0, 0.05) is 30.8 Å². The monoisotopic (exact) mass is 346 g/mol. The topological polar surface area (TPSA) is 69.8 Å². The Bertz CT molecular complexity index is 768. The molecule has 128 valence electrons. The van der Waals surface area contributed by atoms with E-state index in [1.807, 2.05) is 6.07 Å². The van der Waals surface area contributed by atoms with Gasteiger partial charge in [-0.15, -0.1) is 12.4 Å². The Morgan fingerprint density at radius 3 is 2.96 bits per heavy atom. The number of carbonyl (C=O) groups is 1. The van der Waals surface area contributed by atoms with Crippen LogP contribution in [0.3, 0.4) is 0 Å². The fourth-order valence-electron chi connectivity index (χ4n) is 3.92. The van der Waals surface area contributed by atoms with E-state index in [0.717, 1.165) is 30.6 Å². The number of nitrogens with zero attached hydrogens (tertiary/aromatic N) is 1. The first-order valence-corrected chi connectivity index (χ1v) is 8.23. The summed E-state index contributed by atoms with van der Waals surface area (Å²) in [4.78, 5) is 12.7. The Hall–Kier alpha value is -1.85. The van der Waals surface area contributed by atoms with Crippen LogP contribution in [0.5, 0.6) is 0 Å². The van der Waals surface area contributed by atoms with Crippen molar-refractivity contribution in [2.45, 2.75) is 44.7 Å². The van der Waals surface area contributed by atoms with Gasteiger partial charge in [-0.2, -0.15) is 5.10 Å². The number of hydrogen-bond donors (Lipinski definition) is 3. The van der Waals surface area contributed by atoms with Crippen LogP contribution in [0.1, 0.15) is 59.2 Å². The standard InChI is InChI=1S/C18H22N4O.ClH/c1-18(2)9-15(11-5-3-4-6-13(11)18)20-17(23)16-12-10-19-8-7-14(12)21-22-16;/h3-6,15,19H,7-10H2,1-2H3,(H,20,23)(H,21,22);1H. The van der Waals surface area contributed by atoms with Crippen LogP contribution < -0.4 is 10.6 Å². The molecule has 1 unspecified atom stereocenters. The second kappa shape index (κ2) is 6.22. The predicted molar refractivity (Wildman–Crippen MR) is 95.5 cm³/mol. The SMILES string of the molecule is CC1(C)CC(NC(=O)c2n[nH]c3c2CNCC3)c2ccccc21.Cl. The zero-order chi connectivity index (χ0) is 16.0. The number of fused-ring (bicyclic) bond motifs is 2. The highest BCUT2D eigenvalue weighted by Crippen LogP contribution is 2.44. The van der Waals surface area contributed by atoms with Crippen molar-refractivity contribution >= 4 is 18.3 Å². The lowest BCUT2D eigenvalue weighted by molar-refractivity contribution is 0.0928. The maximum Gasteiger partial charge on any atom is 0.272 e. The third kappa shape index (κ3) is 2.72. The Morgan fingerprint density at radius 2 is 2.12 bits per heavy atom. The molecule has 1 atom stereocenters. The predicted octanol–water partition coefficient (Wildman–Crippen LogP) is 2.63. The van der Waals surface area contributed by atoms with Crippen molar-refractivity contribution < 1.29 is 4.79 Å². The van der Waals surface area contributed by atoms with Crippen LogP contribution in [0.4, 0.5) is 0 Å². The van der Waals surface area contributed by atoms with E-state index in [0.29, 0.717) is 12.2 Å². The summed E-state index contributed by atoms with van der Waals surface area (Å²) in [6.07, 6.45) is 1.82. The van der Waals surface area contributed by atoms with Crippen molar-refractivity contribution in [3.8, 4) is 0 Å². The molecule has 0 spiro atoms. The minimum atomic E-state index is -0.0799. The minimum Gasteiger partial charge on any atom is -0.344 e. The van der Waals surface area contributed by atoms with Crippen LogP contribution in [0.15, 0.2) is 24.3 Å². The molecule has 5 nitrogen and oxygen atoms in total. The number of aromatic nitrogens is 2. The molecule has 24 heavy (non-hydrogen) atoms. The number of rotatable bonds is 2. The molecule has 1 aliphatic heterocycles. The number of hydrogen-bond acceptors (Lipinski definition) is 3. The average molecular weight is 347 g/mol. The lowest BCUT2D eigenvalue weighted by Crippen LogP contribution is -2.31. The van der Waals surface area contributed by atoms with Crippen molar-refractivity contribution in [3.05, 3.63) is 52.3 Å². The molecule has 0 saturated carbocycles. The second-order valence-corrected chi connectivity index (χ2v) is 7.16. The smallest absolute Gasteiger partial charge is 0.272 e. The Morgan fingerprint density at radius 1 is 1.33 bits per heavy atom. The van der Waals surface area contributed by atoms with Crippen molar-refractivity contribution in [2.24, 2.45) is 0 Å². The van der Waals surface area contributed by atoms with E-state index in [4.69, 9.17) is 0 Å². The highest BCUT2D eigenvalue weighted by Gasteiger charge is 2.37. The maximum atomic E-state index is 12.7. The van der Waals surface area contributed by atoms with Crippen LogP contribution in [0.25, 0.3) is 0 Å². The van der Waals surface area contributed by atoms with Gasteiger partial charge in [0.25, 0.3) is 5.91 Å². The molecule has 1 aromatic carbocycles. The van der Waals surface area contributed by atoms with Gasteiger partial charge < -0.3 is 10.6 Å². The molecular weight excluding hydrogens is 324 g/mol. The van der Waals surface area contributed by atoms with Crippen molar-refractivity contribution in [3.63, 3.8) is 0 Å². The zero-order valence-corrected chi connectivity index (χ0v) is 14.8. The second-order valence-electron chi connectivity index (χ2n) is 7.16. The number of benzene rings is 1. The highest BCUT2D eigenvalue weighted by molar-refractivity contribution is 5.94. The quantitative estimate of drug-likeness (QED) is 0.783. The number of nitrogens with one attached hydrogen (secondary N) is 3. The van der Waals surface area contributed by atoms with E-state index in [1.165, 1.54) is 11.1 Å². The van der Waals surface area contributed by atoms with Crippen molar-refractivity contribution in [1.29, 1.82) is 0 Å². The summed E-state index contributed by atoms with van der Waals surface area (Å²) in [6.45, 7) is 6.11. The largest absolute Gasteiger partial charge is 0.344 e. The summed E-state index contributed by atoms with van der Waals surface area (Å²) in [5.74, 6) is -0.0799. The summed E-state index contributed by atoms with van der Waals surface area (Å²) < 4.78 is 0. The van der Waals surface area contributed by atoms with Crippen LogP contribution in [-0.4, -0.2) is 22.6 Å². The van der Waals surface area contributed by atoms with Crippen LogP contribution in [0, 0.1) is 0 Å². The minimum absolute atomic E-state index is 0. The molecule has 0 bridgehead atoms. The van der Waals surface area contributed by atoms with Gasteiger partial charge in [0.15, 0.2) is 5.69 Å². The summed E-state index contributed by atoms with van der Waals surface area (Å²) in [5.41, 5.74) is 5.28. The Labute approximate surface area is 148 Å². The third-order valence-corrected chi connectivity index (χ3v) is 5.11. The van der Waals surface area contributed by atoms with E-state index in [1.54, 1.807) is 0 Å². The molecule has 1 aromatic heterocycles. The fraction of sp³-hybridized carbons (Fsp3) is 0.444. The van der Waals surface area contributed by atoms with Gasteiger partial charge in [0.2, 0.25) is 0 Å². The lowest BCUT2D eigenvalue weighted by atomic mass is 9.86. The molecule has 0 fully saturated rings. The summed E-state index contributed by atoms with van der Waals surface area (Å²) in [6, 6.07) is 8.45. The molecule has 0 radical (unpaired) electrons. The highest BCUT2D eigenvalue weighted by atomic mass is 35.5. The van der Waals surface area contributed by atoms with E-state index in [2.05, 4.69) is 52.9 Å². The van der Waals surface area contributed by atoms with Crippen LogP contribution >= 0.6 is 12.4 Å². The normalized spacial score (nSPS) is 20.7. The number of carbonyl (C=O) groups excluding carboxylic acids is 1. The summed E-state index contributed by atoms with van der Waals surface area (Å²) >= 11 is 0. The number of halogens is 1. The van der Waals surface area contributed by atoms with Gasteiger partial charge in [0.05, 0.1) is 6.04 Å². The van der Waals surface area contributed by atoms with Gasteiger partial charge in [-0.3, -0.25) is 9.89 Å². The van der Waals surface area contributed by atoms with Gasteiger partial charge in [-0.05, 0) is 23.0 Å². The van der Waals surface area contributed by atoms with Gasteiger partial charge in [-0.25, -0.2) is 0 Å². The van der Waals surface area contributed by atoms with Crippen molar-refractivity contribution in [2.75, 3.05) is 6.54 Å². The zero-order valence-electron chi connectivity index (χ0n) is 14.0. The molecule has 0 saturated heterocycles. The van der Waals surface area contributed by atoms with Crippen LogP contribution in [0.2, 0.25) is 0 Å². The van der Waals surface area contributed by atoms with Gasteiger partial charge in [-0.1, -0.05) is 38.1 Å². The summed E-state index contributed by atoms with van der Waals surface area (Å²) in [5, 5.41) is 13.8. The molecular formula is C18H23ClN4O. The van der Waals surface area contributed by atoms with E-state index in [9.17, 15) is 4.79 Å². The Kier molecular flexibility index (Phi) is 4.40. The molecule has 4 rings (SSSR count). The van der Waals surface area contributed by atoms with Gasteiger partial charge in [0.1, 0.15) is 0 Å². The first kappa shape index (κ1) is 17.0.